The molecule has 1 unspecified atom stereocenters. The van der Waals surface area contributed by atoms with Gasteiger partial charge < -0.3 is 24.7 Å². The molecule has 0 saturated carbocycles. The van der Waals surface area contributed by atoms with Crippen molar-refractivity contribution in [2.24, 2.45) is 7.05 Å². The highest BCUT2D eigenvalue weighted by atomic mass is 19.4. The van der Waals surface area contributed by atoms with Crippen LogP contribution in [0, 0.1) is 11.8 Å². The summed E-state index contributed by atoms with van der Waals surface area (Å²) in [7, 11) is 1.59. The van der Waals surface area contributed by atoms with Crippen molar-refractivity contribution in [1.82, 2.24) is 19.4 Å². The number of imidazole rings is 1. The fraction of sp³-hybridized carbons (Fsp3) is 0.320. The molecule has 0 radical (unpaired) electrons. The number of amides is 1. The lowest BCUT2D eigenvalue weighted by molar-refractivity contribution is -0.140. The molecule has 1 aliphatic rings. The molecular formula is C25H24F3N5O4. The summed E-state index contributed by atoms with van der Waals surface area (Å²) >= 11 is 0. The van der Waals surface area contributed by atoms with E-state index in [1.165, 1.54) is 35.0 Å². The Morgan fingerprint density at radius 1 is 1.32 bits per heavy atom. The number of pyridine rings is 1. The lowest BCUT2D eigenvalue weighted by Crippen LogP contribution is -2.27. The summed E-state index contributed by atoms with van der Waals surface area (Å²) in [6.07, 6.45) is -2.05. The number of anilines is 1. The number of rotatable bonds is 6. The van der Waals surface area contributed by atoms with Gasteiger partial charge in [-0.05, 0) is 30.7 Å². The predicted octanol–water partition coefficient (Wildman–Crippen LogP) is 2.23. The first-order valence-electron chi connectivity index (χ1n) is 11.4. The molecule has 1 atom stereocenters. The normalized spacial score (nSPS) is 15.8. The third-order valence-corrected chi connectivity index (χ3v) is 5.72. The number of aliphatic hydroxyl groups is 1. The summed E-state index contributed by atoms with van der Waals surface area (Å²) in [5.74, 6) is 4.55. The third-order valence-electron chi connectivity index (χ3n) is 5.72. The minimum atomic E-state index is -4.58. The third kappa shape index (κ3) is 6.78. The largest absolute Gasteiger partial charge is 0.490 e. The number of ether oxygens (including phenoxy) is 1. The molecule has 0 bridgehead atoms. The number of alkyl halides is 3. The fourth-order valence-corrected chi connectivity index (χ4v) is 3.72. The standard InChI is InChI=1S/C25H24F3N5O4/c1-32-8-6-16(12-23(32)36)2-5-22(35)30-19-13-17(24-29-14-21(31-24)25(26,27)28)3-4-20(19)37-11-10-33-9-7-18(34)15-33/h3-4,6,8,12-14,18,34H,7,9-11,15H2,1H3,(H,29,31)(H,30,35). The van der Waals surface area contributed by atoms with Crippen LogP contribution >= 0.6 is 0 Å². The Kier molecular flexibility index (Phi) is 7.66. The number of β-amino-alcohol motifs (C(OH)–C–C–N with tert-alkyl or cyclic N) is 1. The van der Waals surface area contributed by atoms with Gasteiger partial charge in [0.15, 0.2) is 0 Å². The number of carbonyl (C=O) groups excluding carboxylic acids is 1. The van der Waals surface area contributed by atoms with Gasteiger partial charge in [-0.2, -0.15) is 13.2 Å². The van der Waals surface area contributed by atoms with Crippen molar-refractivity contribution < 1.29 is 27.8 Å². The highest BCUT2D eigenvalue weighted by Gasteiger charge is 2.33. The van der Waals surface area contributed by atoms with E-state index in [2.05, 4.69) is 27.1 Å². The molecule has 37 heavy (non-hydrogen) atoms. The van der Waals surface area contributed by atoms with E-state index in [0.29, 0.717) is 36.8 Å². The highest BCUT2D eigenvalue weighted by molar-refractivity contribution is 6.05. The van der Waals surface area contributed by atoms with Crippen LogP contribution in [0.1, 0.15) is 17.7 Å². The first kappa shape index (κ1) is 26.0. The van der Waals surface area contributed by atoms with E-state index in [1.54, 1.807) is 13.1 Å². The maximum Gasteiger partial charge on any atom is 0.432 e. The van der Waals surface area contributed by atoms with Gasteiger partial charge in [-0.3, -0.25) is 14.5 Å². The molecule has 194 valence electrons. The molecule has 3 N–H and O–H groups in total. The Hall–Kier alpha value is -4.08. The molecule has 3 heterocycles. The van der Waals surface area contributed by atoms with Gasteiger partial charge in [-0.15, -0.1) is 0 Å². The van der Waals surface area contributed by atoms with E-state index in [-0.39, 0.29) is 35.5 Å². The predicted molar refractivity (Wildman–Crippen MR) is 129 cm³/mol. The van der Waals surface area contributed by atoms with Crippen molar-refractivity contribution in [3.05, 3.63) is 64.3 Å². The van der Waals surface area contributed by atoms with Crippen molar-refractivity contribution in [1.29, 1.82) is 0 Å². The number of aliphatic hydroxyl groups excluding tert-OH is 1. The van der Waals surface area contributed by atoms with Crippen molar-refractivity contribution in [2.45, 2.75) is 18.7 Å². The number of hydrogen-bond acceptors (Lipinski definition) is 6. The Labute approximate surface area is 209 Å². The molecule has 1 aromatic carbocycles. The molecule has 0 spiro atoms. The minimum absolute atomic E-state index is 0.0355. The summed E-state index contributed by atoms with van der Waals surface area (Å²) in [5.41, 5.74) is -0.446. The number of likely N-dealkylation sites (tertiary alicyclic amines) is 1. The average molecular weight is 515 g/mol. The lowest BCUT2D eigenvalue weighted by Gasteiger charge is -2.17. The summed E-state index contributed by atoms with van der Waals surface area (Å²) in [6, 6.07) is 7.36. The second-order valence-corrected chi connectivity index (χ2v) is 8.51. The molecule has 1 aliphatic heterocycles. The molecule has 2 aromatic heterocycles. The maximum atomic E-state index is 13.0. The number of aryl methyl sites for hydroxylation is 1. The molecule has 3 aromatic rings. The summed E-state index contributed by atoms with van der Waals surface area (Å²) in [5, 5.41) is 12.3. The average Bonchev–Trinajstić information content (AvgIpc) is 3.50. The maximum absolute atomic E-state index is 13.0. The Balaban J connectivity index is 1.54. The molecule has 1 fully saturated rings. The van der Waals surface area contributed by atoms with E-state index < -0.39 is 17.8 Å². The van der Waals surface area contributed by atoms with E-state index in [1.807, 2.05) is 4.90 Å². The van der Waals surface area contributed by atoms with Crippen molar-refractivity contribution in [2.75, 3.05) is 31.6 Å². The van der Waals surface area contributed by atoms with E-state index in [4.69, 9.17) is 4.74 Å². The second kappa shape index (κ2) is 10.9. The second-order valence-electron chi connectivity index (χ2n) is 8.51. The van der Waals surface area contributed by atoms with Gasteiger partial charge in [0.25, 0.3) is 5.56 Å². The van der Waals surface area contributed by atoms with Gasteiger partial charge in [0, 0.05) is 56.0 Å². The van der Waals surface area contributed by atoms with Crippen LogP contribution in [0.15, 0.2) is 47.5 Å². The van der Waals surface area contributed by atoms with Crippen LogP contribution in [-0.2, 0) is 18.0 Å². The van der Waals surface area contributed by atoms with Gasteiger partial charge in [0.1, 0.15) is 23.9 Å². The van der Waals surface area contributed by atoms with Crippen LogP contribution in [0.4, 0.5) is 18.9 Å². The minimum Gasteiger partial charge on any atom is -0.490 e. The number of halogens is 3. The van der Waals surface area contributed by atoms with Crippen molar-refractivity contribution in [3.63, 3.8) is 0 Å². The summed E-state index contributed by atoms with van der Waals surface area (Å²) in [4.78, 5) is 32.4. The van der Waals surface area contributed by atoms with E-state index >= 15 is 0 Å². The number of carbonyl (C=O) groups is 1. The monoisotopic (exact) mass is 515 g/mol. The molecule has 1 amide bonds. The molecule has 12 heteroatoms. The Morgan fingerprint density at radius 3 is 2.81 bits per heavy atom. The van der Waals surface area contributed by atoms with Crippen LogP contribution in [0.25, 0.3) is 11.4 Å². The summed E-state index contributed by atoms with van der Waals surface area (Å²) < 4.78 is 46.2. The highest BCUT2D eigenvalue weighted by Crippen LogP contribution is 2.33. The zero-order valence-corrected chi connectivity index (χ0v) is 19.8. The number of aromatic amines is 1. The lowest BCUT2D eigenvalue weighted by atomic mass is 10.1. The van der Waals surface area contributed by atoms with E-state index in [9.17, 15) is 27.9 Å². The SMILES string of the molecule is Cn1ccc(C#CC(=O)Nc2cc(-c3ncc(C(F)(F)F)[nH]3)ccc2OCCN2CCC(O)C2)cc1=O. The molecule has 9 nitrogen and oxygen atoms in total. The number of benzene rings is 1. The number of H-pyrrole nitrogens is 1. The molecule has 1 saturated heterocycles. The van der Waals surface area contributed by atoms with Crippen LogP contribution in [0.3, 0.4) is 0 Å². The number of nitrogens with zero attached hydrogens (tertiary/aromatic N) is 3. The van der Waals surface area contributed by atoms with Gasteiger partial charge in [-0.1, -0.05) is 5.92 Å². The quantitative estimate of drug-likeness (QED) is 0.434. The van der Waals surface area contributed by atoms with Crippen LogP contribution in [0.2, 0.25) is 0 Å². The van der Waals surface area contributed by atoms with Crippen molar-refractivity contribution in [3.8, 4) is 29.0 Å². The topological polar surface area (TPSA) is 112 Å². The van der Waals surface area contributed by atoms with Gasteiger partial charge in [0.05, 0.1) is 18.0 Å². The Morgan fingerprint density at radius 2 is 2.14 bits per heavy atom. The molecule has 0 aliphatic carbocycles. The number of nitrogens with one attached hydrogen (secondary N) is 2. The number of aromatic nitrogens is 3. The van der Waals surface area contributed by atoms with Gasteiger partial charge in [-0.25, -0.2) is 4.98 Å². The van der Waals surface area contributed by atoms with Crippen LogP contribution < -0.4 is 15.6 Å². The van der Waals surface area contributed by atoms with Gasteiger partial charge >= 0.3 is 12.1 Å². The number of hydrogen-bond donors (Lipinski definition) is 3. The first-order valence-corrected chi connectivity index (χ1v) is 11.4. The van der Waals surface area contributed by atoms with Crippen molar-refractivity contribution >= 4 is 11.6 Å². The Bertz CT molecular complexity index is 1400. The molecular weight excluding hydrogens is 491 g/mol. The fourth-order valence-electron chi connectivity index (χ4n) is 3.72. The molecule has 4 rings (SSSR count). The van der Waals surface area contributed by atoms with E-state index in [0.717, 1.165) is 6.54 Å². The zero-order valence-electron chi connectivity index (χ0n) is 19.8. The summed E-state index contributed by atoms with van der Waals surface area (Å²) in [6.45, 7) is 2.09. The van der Waals surface area contributed by atoms with Crippen LogP contribution in [0.5, 0.6) is 5.75 Å². The van der Waals surface area contributed by atoms with Gasteiger partial charge in [0.2, 0.25) is 0 Å². The smallest absolute Gasteiger partial charge is 0.432 e. The zero-order chi connectivity index (χ0) is 26.6. The first-order chi connectivity index (χ1) is 17.6. The van der Waals surface area contributed by atoms with Crippen LogP contribution in [-0.4, -0.2) is 62.8 Å².